The lowest BCUT2D eigenvalue weighted by Gasteiger charge is -2.33. The van der Waals surface area contributed by atoms with Gasteiger partial charge in [-0.15, -0.1) is 0 Å². The van der Waals surface area contributed by atoms with Crippen LogP contribution >= 0.6 is 0 Å². The van der Waals surface area contributed by atoms with Crippen molar-refractivity contribution in [1.29, 1.82) is 0 Å². The third kappa shape index (κ3) is 2.88. The summed E-state index contributed by atoms with van der Waals surface area (Å²) in [7, 11) is 2.21. The van der Waals surface area contributed by atoms with Crippen LogP contribution in [0.15, 0.2) is 24.3 Å². The molecule has 2 atom stereocenters. The number of aryl methyl sites for hydroxylation is 1. The fourth-order valence-electron chi connectivity index (χ4n) is 2.61. The summed E-state index contributed by atoms with van der Waals surface area (Å²) >= 11 is 0. The van der Waals surface area contributed by atoms with E-state index in [1.54, 1.807) is 0 Å². The maximum Gasteiger partial charge on any atom is 0.0470 e. The van der Waals surface area contributed by atoms with Crippen LogP contribution in [0.5, 0.6) is 0 Å². The van der Waals surface area contributed by atoms with E-state index in [-0.39, 0.29) is 0 Å². The summed E-state index contributed by atoms with van der Waals surface area (Å²) in [5.74, 6) is 0.888. The van der Waals surface area contributed by atoms with E-state index in [4.69, 9.17) is 5.73 Å². The zero-order chi connectivity index (χ0) is 12.4. The van der Waals surface area contributed by atoms with E-state index in [1.807, 2.05) is 0 Å². The van der Waals surface area contributed by atoms with Crippen LogP contribution in [-0.4, -0.2) is 24.5 Å². The lowest BCUT2D eigenvalue weighted by atomic mass is 10.0. The Morgan fingerprint density at radius 3 is 2.65 bits per heavy atom. The second kappa shape index (κ2) is 5.19. The van der Waals surface area contributed by atoms with Crippen molar-refractivity contribution in [3.05, 3.63) is 35.4 Å². The number of benzene rings is 1. The molecule has 2 nitrogen and oxygen atoms in total. The highest BCUT2D eigenvalue weighted by atomic mass is 15.2. The van der Waals surface area contributed by atoms with Crippen molar-refractivity contribution in [3.8, 4) is 0 Å². The number of nitrogens with zero attached hydrogens (tertiary/aromatic N) is 1. The molecule has 1 saturated carbocycles. The molecule has 0 saturated heterocycles. The largest absolute Gasteiger partial charge is 0.329 e. The van der Waals surface area contributed by atoms with Crippen molar-refractivity contribution in [2.75, 3.05) is 13.6 Å². The predicted octanol–water partition coefficient (Wildman–Crippen LogP) is 2.73. The summed E-state index contributed by atoms with van der Waals surface area (Å²) in [4.78, 5) is 2.45. The van der Waals surface area contributed by atoms with E-state index in [0.29, 0.717) is 18.6 Å². The van der Waals surface area contributed by atoms with Gasteiger partial charge in [0.25, 0.3) is 0 Å². The highest BCUT2D eigenvalue weighted by Gasteiger charge is 2.33. The monoisotopic (exact) mass is 232 g/mol. The first-order chi connectivity index (χ1) is 8.13. The molecule has 1 aromatic rings. The summed E-state index contributed by atoms with van der Waals surface area (Å²) in [5.41, 5.74) is 8.64. The Morgan fingerprint density at radius 2 is 2.12 bits per heavy atom. The minimum Gasteiger partial charge on any atom is -0.329 e. The lowest BCUT2D eigenvalue weighted by molar-refractivity contribution is 0.171. The maximum atomic E-state index is 5.97. The minimum atomic E-state index is 0.352. The Kier molecular flexibility index (Phi) is 3.85. The first kappa shape index (κ1) is 12.6. The van der Waals surface area contributed by atoms with Crippen LogP contribution in [0.25, 0.3) is 0 Å². The van der Waals surface area contributed by atoms with E-state index >= 15 is 0 Å². The van der Waals surface area contributed by atoms with Gasteiger partial charge in [0.2, 0.25) is 0 Å². The number of likely N-dealkylation sites (N-methyl/N-ethyl adjacent to an activating group) is 1. The smallest absolute Gasteiger partial charge is 0.0470 e. The van der Waals surface area contributed by atoms with Gasteiger partial charge in [-0.05, 0) is 45.2 Å². The number of rotatable bonds is 5. The van der Waals surface area contributed by atoms with Gasteiger partial charge in [0.05, 0.1) is 0 Å². The quantitative estimate of drug-likeness (QED) is 0.846. The molecule has 2 rings (SSSR count). The average molecular weight is 232 g/mol. The van der Waals surface area contributed by atoms with Crippen molar-refractivity contribution in [3.63, 3.8) is 0 Å². The predicted molar refractivity (Wildman–Crippen MR) is 72.9 cm³/mol. The molecule has 0 aromatic heterocycles. The first-order valence-corrected chi connectivity index (χ1v) is 6.62. The third-order valence-electron chi connectivity index (χ3n) is 4.09. The average Bonchev–Trinajstić information content (AvgIpc) is 3.13. The Morgan fingerprint density at radius 1 is 1.41 bits per heavy atom. The van der Waals surface area contributed by atoms with Gasteiger partial charge in [-0.1, -0.05) is 29.8 Å². The van der Waals surface area contributed by atoms with Crippen molar-refractivity contribution < 1.29 is 0 Å². The molecule has 1 aliphatic rings. The first-order valence-electron chi connectivity index (χ1n) is 6.62. The molecule has 1 aromatic carbocycles. The maximum absolute atomic E-state index is 5.97. The molecule has 2 heteroatoms. The SMILES string of the molecule is Cc1cccc(C(CN)N(C)C(C)C2CC2)c1. The standard InChI is InChI=1S/C15H24N2/c1-11-5-4-6-14(9-11)15(10-16)17(3)12(2)13-7-8-13/h4-6,9,12-13,15H,7-8,10,16H2,1-3H3. The van der Waals surface area contributed by atoms with Gasteiger partial charge in [-0.2, -0.15) is 0 Å². The third-order valence-corrected chi connectivity index (χ3v) is 4.09. The van der Waals surface area contributed by atoms with Crippen LogP contribution < -0.4 is 5.73 Å². The fourth-order valence-corrected chi connectivity index (χ4v) is 2.61. The van der Waals surface area contributed by atoms with E-state index in [2.05, 4.69) is 50.1 Å². The summed E-state index contributed by atoms with van der Waals surface area (Å²) in [6, 6.07) is 9.72. The minimum absolute atomic E-state index is 0.352. The molecule has 94 valence electrons. The fraction of sp³-hybridized carbons (Fsp3) is 0.600. The molecule has 2 N–H and O–H groups in total. The summed E-state index contributed by atoms with van der Waals surface area (Å²) < 4.78 is 0. The molecule has 1 aliphatic carbocycles. The van der Waals surface area contributed by atoms with Crippen LogP contribution in [0.1, 0.15) is 36.9 Å². The molecule has 0 bridgehead atoms. The van der Waals surface area contributed by atoms with Gasteiger partial charge in [0.1, 0.15) is 0 Å². The van der Waals surface area contributed by atoms with Crippen LogP contribution in [-0.2, 0) is 0 Å². The van der Waals surface area contributed by atoms with Gasteiger partial charge in [-0.25, -0.2) is 0 Å². The highest BCUT2D eigenvalue weighted by Crippen LogP contribution is 2.37. The number of hydrogen-bond acceptors (Lipinski definition) is 2. The molecule has 2 unspecified atom stereocenters. The molecule has 17 heavy (non-hydrogen) atoms. The van der Waals surface area contributed by atoms with Gasteiger partial charge in [0.15, 0.2) is 0 Å². The van der Waals surface area contributed by atoms with Gasteiger partial charge >= 0.3 is 0 Å². The summed E-state index contributed by atoms with van der Waals surface area (Å²) in [6.07, 6.45) is 2.77. The Balaban J connectivity index is 2.14. The molecule has 0 radical (unpaired) electrons. The summed E-state index contributed by atoms with van der Waals surface area (Å²) in [6.45, 7) is 5.16. The Labute approximate surface area is 105 Å². The molecule has 0 amide bonds. The van der Waals surface area contributed by atoms with Crippen molar-refractivity contribution in [2.45, 2.75) is 38.8 Å². The van der Waals surface area contributed by atoms with Gasteiger partial charge in [-0.3, -0.25) is 4.90 Å². The zero-order valence-corrected chi connectivity index (χ0v) is 11.2. The van der Waals surface area contributed by atoms with Crippen LogP contribution in [0.4, 0.5) is 0 Å². The van der Waals surface area contributed by atoms with E-state index in [9.17, 15) is 0 Å². The van der Waals surface area contributed by atoms with E-state index in [0.717, 1.165) is 5.92 Å². The van der Waals surface area contributed by atoms with Crippen molar-refractivity contribution >= 4 is 0 Å². The number of hydrogen-bond donors (Lipinski definition) is 1. The van der Waals surface area contributed by atoms with Crippen LogP contribution in [0.2, 0.25) is 0 Å². The second-order valence-electron chi connectivity index (χ2n) is 5.41. The zero-order valence-electron chi connectivity index (χ0n) is 11.2. The molecule has 1 fully saturated rings. The molecule has 0 spiro atoms. The Bertz CT molecular complexity index is 371. The molecular formula is C15H24N2. The Hall–Kier alpha value is -0.860. The van der Waals surface area contributed by atoms with Crippen molar-refractivity contribution in [2.24, 2.45) is 11.7 Å². The molecule has 0 aliphatic heterocycles. The van der Waals surface area contributed by atoms with Crippen LogP contribution in [0, 0.1) is 12.8 Å². The van der Waals surface area contributed by atoms with E-state index in [1.165, 1.54) is 24.0 Å². The molecule has 0 heterocycles. The molecular weight excluding hydrogens is 208 g/mol. The lowest BCUT2D eigenvalue weighted by Crippen LogP contribution is -2.38. The van der Waals surface area contributed by atoms with Gasteiger partial charge < -0.3 is 5.73 Å². The van der Waals surface area contributed by atoms with Crippen LogP contribution in [0.3, 0.4) is 0 Å². The van der Waals surface area contributed by atoms with Gasteiger partial charge in [0, 0.05) is 18.6 Å². The normalized spacial score (nSPS) is 19.4. The number of nitrogens with two attached hydrogens (primary N) is 1. The second-order valence-corrected chi connectivity index (χ2v) is 5.41. The van der Waals surface area contributed by atoms with E-state index < -0.39 is 0 Å². The highest BCUT2D eigenvalue weighted by molar-refractivity contribution is 5.25. The van der Waals surface area contributed by atoms with Crippen molar-refractivity contribution in [1.82, 2.24) is 4.90 Å². The topological polar surface area (TPSA) is 29.3 Å². The summed E-state index contributed by atoms with van der Waals surface area (Å²) in [5, 5.41) is 0.